The van der Waals surface area contributed by atoms with Crippen LogP contribution in [0.25, 0.3) is 23.1 Å². The number of rotatable bonds is 3. The molecular formula is C17H11ClN2O2. The third-order valence-corrected chi connectivity index (χ3v) is 3.49. The van der Waals surface area contributed by atoms with Crippen LogP contribution in [0.3, 0.4) is 0 Å². The van der Waals surface area contributed by atoms with E-state index in [1.165, 1.54) is 6.07 Å². The van der Waals surface area contributed by atoms with Crippen molar-refractivity contribution < 1.29 is 4.92 Å². The zero-order valence-corrected chi connectivity index (χ0v) is 12.2. The van der Waals surface area contributed by atoms with Crippen molar-refractivity contribution in [3.8, 4) is 0 Å². The van der Waals surface area contributed by atoms with E-state index in [2.05, 4.69) is 4.98 Å². The Bertz CT molecular complexity index is 873. The number of nitro groups is 1. The second-order valence-electron chi connectivity index (χ2n) is 4.73. The first-order valence-electron chi connectivity index (χ1n) is 6.61. The van der Waals surface area contributed by atoms with Crippen molar-refractivity contribution in [1.29, 1.82) is 0 Å². The molecule has 0 atom stereocenters. The third-order valence-electron chi connectivity index (χ3n) is 3.23. The molecule has 0 aliphatic carbocycles. The van der Waals surface area contributed by atoms with Gasteiger partial charge in [-0.3, -0.25) is 10.1 Å². The van der Waals surface area contributed by atoms with Gasteiger partial charge in [0.15, 0.2) is 0 Å². The number of hydrogen-bond donors (Lipinski definition) is 0. The van der Waals surface area contributed by atoms with E-state index >= 15 is 0 Å². The maximum absolute atomic E-state index is 11.1. The van der Waals surface area contributed by atoms with Gasteiger partial charge < -0.3 is 0 Å². The molecule has 0 aliphatic heterocycles. The highest BCUT2D eigenvalue weighted by molar-refractivity contribution is 6.30. The van der Waals surface area contributed by atoms with Crippen molar-refractivity contribution in [3.05, 3.63) is 81.0 Å². The summed E-state index contributed by atoms with van der Waals surface area (Å²) >= 11 is 5.84. The highest BCUT2D eigenvalue weighted by atomic mass is 35.5. The second-order valence-corrected chi connectivity index (χ2v) is 5.16. The number of pyridine rings is 1. The average Bonchev–Trinajstić information content (AvgIpc) is 2.53. The van der Waals surface area contributed by atoms with Gasteiger partial charge in [-0.05, 0) is 29.8 Å². The Balaban J connectivity index is 1.99. The van der Waals surface area contributed by atoms with Gasteiger partial charge in [-0.15, -0.1) is 0 Å². The van der Waals surface area contributed by atoms with Crippen LogP contribution in [0, 0.1) is 10.1 Å². The maximum Gasteiger partial charge on any atom is 0.295 e. The van der Waals surface area contributed by atoms with Crippen LogP contribution in [0.1, 0.15) is 11.3 Å². The van der Waals surface area contributed by atoms with Crippen molar-refractivity contribution >= 4 is 40.3 Å². The lowest BCUT2D eigenvalue weighted by Gasteiger charge is -2.00. The van der Waals surface area contributed by atoms with Crippen molar-refractivity contribution in [2.45, 2.75) is 0 Å². The van der Waals surface area contributed by atoms with E-state index in [1.807, 2.05) is 42.5 Å². The average molecular weight is 311 g/mol. The summed E-state index contributed by atoms with van der Waals surface area (Å²) in [6.45, 7) is 0. The normalized spacial score (nSPS) is 11.1. The first-order chi connectivity index (χ1) is 10.6. The molecule has 0 saturated heterocycles. The largest absolute Gasteiger partial charge is 0.295 e. The lowest BCUT2D eigenvalue weighted by molar-refractivity contribution is -0.383. The predicted octanol–water partition coefficient (Wildman–Crippen LogP) is 4.97. The Morgan fingerprint density at radius 2 is 1.77 bits per heavy atom. The number of nitro benzene ring substituents is 1. The van der Waals surface area contributed by atoms with E-state index in [4.69, 9.17) is 11.6 Å². The van der Waals surface area contributed by atoms with E-state index in [-0.39, 0.29) is 5.69 Å². The molecule has 108 valence electrons. The molecule has 0 unspecified atom stereocenters. The first kappa shape index (κ1) is 14.2. The molecule has 3 rings (SSSR count). The first-order valence-corrected chi connectivity index (χ1v) is 6.99. The number of benzene rings is 2. The van der Waals surface area contributed by atoms with Crippen molar-refractivity contribution in [3.63, 3.8) is 0 Å². The van der Waals surface area contributed by atoms with Crippen LogP contribution in [-0.2, 0) is 0 Å². The molecule has 0 bridgehead atoms. The molecular weight excluding hydrogens is 300 g/mol. The van der Waals surface area contributed by atoms with Gasteiger partial charge in [0.05, 0.1) is 10.6 Å². The SMILES string of the molecule is O=[N+]([O-])c1cccc2ccc(/C=C/c3ccc(Cl)cc3)nc12. The summed E-state index contributed by atoms with van der Waals surface area (Å²) in [5.74, 6) is 0. The van der Waals surface area contributed by atoms with E-state index in [0.29, 0.717) is 16.2 Å². The van der Waals surface area contributed by atoms with Crippen molar-refractivity contribution in [2.24, 2.45) is 0 Å². The standard InChI is InChI=1S/C17H11ClN2O2/c18-14-8-4-12(5-9-14)6-10-15-11-7-13-2-1-3-16(20(21)22)17(13)19-15/h1-11H/b10-6+. The summed E-state index contributed by atoms with van der Waals surface area (Å²) in [6, 6.07) is 16.0. The van der Waals surface area contributed by atoms with Gasteiger partial charge in [0.25, 0.3) is 5.69 Å². The minimum Gasteiger partial charge on any atom is -0.258 e. The van der Waals surface area contributed by atoms with Crippen molar-refractivity contribution in [1.82, 2.24) is 4.98 Å². The van der Waals surface area contributed by atoms with Gasteiger partial charge in [-0.2, -0.15) is 0 Å². The molecule has 0 saturated carbocycles. The number of para-hydroxylation sites is 1. The summed E-state index contributed by atoms with van der Waals surface area (Å²) in [6.07, 6.45) is 3.71. The molecule has 0 radical (unpaired) electrons. The van der Waals surface area contributed by atoms with Gasteiger partial charge in [0, 0.05) is 16.5 Å². The fourth-order valence-electron chi connectivity index (χ4n) is 2.14. The molecule has 0 fully saturated rings. The lowest BCUT2D eigenvalue weighted by atomic mass is 10.1. The molecule has 5 heteroatoms. The summed E-state index contributed by atoms with van der Waals surface area (Å²) < 4.78 is 0. The number of fused-ring (bicyclic) bond motifs is 1. The minimum absolute atomic E-state index is 0.0132. The Hall–Kier alpha value is -2.72. The van der Waals surface area contributed by atoms with Gasteiger partial charge >= 0.3 is 0 Å². The number of nitrogens with zero attached hydrogens (tertiary/aromatic N) is 2. The Morgan fingerprint density at radius 1 is 1.00 bits per heavy atom. The van der Waals surface area contributed by atoms with Gasteiger partial charge in [-0.25, -0.2) is 4.98 Å². The molecule has 4 nitrogen and oxygen atoms in total. The maximum atomic E-state index is 11.1. The Morgan fingerprint density at radius 3 is 2.50 bits per heavy atom. The molecule has 0 aliphatic rings. The van der Waals surface area contributed by atoms with Gasteiger partial charge in [-0.1, -0.05) is 48.0 Å². The summed E-state index contributed by atoms with van der Waals surface area (Å²) in [5, 5.41) is 12.5. The van der Waals surface area contributed by atoms with Crippen LogP contribution in [0.15, 0.2) is 54.6 Å². The van der Waals surface area contributed by atoms with Crippen LogP contribution in [0.4, 0.5) is 5.69 Å². The van der Waals surface area contributed by atoms with Crippen LogP contribution < -0.4 is 0 Å². The summed E-state index contributed by atoms with van der Waals surface area (Å²) in [5.41, 5.74) is 2.05. The highest BCUT2D eigenvalue weighted by Crippen LogP contribution is 2.24. The second kappa shape index (κ2) is 5.95. The number of halogens is 1. The Kier molecular flexibility index (Phi) is 3.85. The Labute approximate surface area is 131 Å². The zero-order chi connectivity index (χ0) is 15.5. The molecule has 0 N–H and O–H groups in total. The highest BCUT2D eigenvalue weighted by Gasteiger charge is 2.12. The summed E-state index contributed by atoms with van der Waals surface area (Å²) in [7, 11) is 0. The van der Waals surface area contributed by atoms with Gasteiger partial charge in [0.1, 0.15) is 5.52 Å². The van der Waals surface area contributed by atoms with Crippen LogP contribution in [-0.4, -0.2) is 9.91 Å². The van der Waals surface area contributed by atoms with Gasteiger partial charge in [0.2, 0.25) is 0 Å². The quantitative estimate of drug-likeness (QED) is 0.507. The smallest absolute Gasteiger partial charge is 0.258 e. The number of hydrogen-bond acceptors (Lipinski definition) is 3. The van der Waals surface area contributed by atoms with E-state index in [1.54, 1.807) is 18.2 Å². The third kappa shape index (κ3) is 2.97. The molecule has 22 heavy (non-hydrogen) atoms. The molecule has 0 amide bonds. The van der Waals surface area contributed by atoms with E-state index in [0.717, 1.165) is 10.9 Å². The molecule has 0 spiro atoms. The lowest BCUT2D eigenvalue weighted by Crippen LogP contribution is -1.92. The topological polar surface area (TPSA) is 56.0 Å². The van der Waals surface area contributed by atoms with E-state index in [9.17, 15) is 10.1 Å². The molecule has 2 aromatic carbocycles. The molecule has 3 aromatic rings. The monoisotopic (exact) mass is 310 g/mol. The predicted molar refractivity (Wildman–Crippen MR) is 88.8 cm³/mol. The van der Waals surface area contributed by atoms with E-state index < -0.39 is 4.92 Å². The van der Waals surface area contributed by atoms with Crippen molar-refractivity contribution in [2.75, 3.05) is 0 Å². The number of aromatic nitrogens is 1. The molecule has 1 heterocycles. The van der Waals surface area contributed by atoms with Crippen LogP contribution in [0.2, 0.25) is 5.02 Å². The fraction of sp³-hybridized carbons (Fsp3) is 0. The summed E-state index contributed by atoms with van der Waals surface area (Å²) in [4.78, 5) is 15.0. The molecule has 1 aromatic heterocycles. The number of non-ortho nitro benzene ring substituents is 1. The fourth-order valence-corrected chi connectivity index (χ4v) is 2.27. The van der Waals surface area contributed by atoms with Crippen LogP contribution in [0.5, 0.6) is 0 Å². The minimum atomic E-state index is -0.415. The zero-order valence-electron chi connectivity index (χ0n) is 11.4. The van der Waals surface area contributed by atoms with Crippen LogP contribution >= 0.6 is 11.6 Å².